The van der Waals surface area contributed by atoms with E-state index in [4.69, 9.17) is 4.52 Å². The first-order valence-corrected chi connectivity index (χ1v) is 10.8. The molecule has 29 heavy (non-hydrogen) atoms. The van der Waals surface area contributed by atoms with Crippen molar-refractivity contribution in [3.63, 3.8) is 0 Å². The maximum Gasteiger partial charge on any atom is 0.391 e. The van der Waals surface area contributed by atoms with Crippen molar-refractivity contribution in [1.82, 2.24) is 0 Å². The summed E-state index contributed by atoms with van der Waals surface area (Å²) in [5.41, 5.74) is 3.77. The van der Waals surface area contributed by atoms with Crippen LogP contribution in [0.3, 0.4) is 0 Å². The van der Waals surface area contributed by atoms with Crippen LogP contribution in [0.15, 0.2) is 48.5 Å². The summed E-state index contributed by atoms with van der Waals surface area (Å²) in [6.07, 6.45) is 0. The van der Waals surface area contributed by atoms with Crippen molar-refractivity contribution in [2.24, 2.45) is 0 Å². The number of fused-ring (bicyclic) bond motifs is 1. The molecule has 0 aliphatic rings. The van der Waals surface area contributed by atoms with Crippen molar-refractivity contribution in [2.45, 2.75) is 52.4 Å². The van der Waals surface area contributed by atoms with Gasteiger partial charge in [0.2, 0.25) is 0 Å². The zero-order valence-corrected chi connectivity index (χ0v) is 18.7. The molecule has 0 amide bonds. The summed E-state index contributed by atoms with van der Waals surface area (Å²) < 4.78 is 5.00. The van der Waals surface area contributed by atoms with Crippen LogP contribution in [-0.2, 0) is 10.8 Å². The van der Waals surface area contributed by atoms with Gasteiger partial charge in [-0.3, -0.25) is 0 Å². The van der Waals surface area contributed by atoms with Gasteiger partial charge < -0.3 is 19.4 Å². The molecule has 3 N–H and O–H groups in total. The summed E-state index contributed by atoms with van der Waals surface area (Å²) in [6, 6.07) is 15.9. The molecule has 0 spiro atoms. The highest BCUT2D eigenvalue weighted by Gasteiger charge is 2.23. The van der Waals surface area contributed by atoms with E-state index in [9.17, 15) is 14.9 Å². The average Bonchev–Trinajstić information content (AvgIpc) is 2.60. The monoisotopic (exact) mass is 412 g/mol. The highest BCUT2D eigenvalue weighted by atomic mass is 31.2. The van der Waals surface area contributed by atoms with Gasteiger partial charge in [0.05, 0.1) is 0 Å². The maximum atomic E-state index is 10.8. The Morgan fingerprint density at radius 3 is 2.03 bits per heavy atom. The minimum absolute atomic E-state index is 0.0571. The Bertz CT molecular complexity index is 1040. The van der Waals surface area contributed by atoms with Gasteiger partial charge >= 0.3 is 8.60 Å². The summed E-state index contributed by atoms with van der Waals surface area (Å²) in [4.78, 5) is 18.4. The largest absolute Gasteiger partial charge is 0.504 e. The quantitative estimate of drug-likeness (QED) is 0.436. The molecule has 3 aromatic carbocycles. The molecule has 0 saturated heterocycles. The van der Waals surface area contributed by atoms with Crippen molar-refractivity contribution in [3.8, 4) is 22.6 Å². The lowest BCUT2D eigenvalue weighted by molar-refractivity contribution is 0.361. The summed E-state index contributed by atoms with van der Waals surface area (Å²) in [5, 5.41) is 13.0. The van der Waals surface area contributed by atoms with Crippen molar-refractivity contribution in [2.75, 3.05) is 0 Å². The first-order valence-electron chi connectivity index (χ1n) is 9.65. The van der Waals surface area contributed by atoms with Crippen LogP contribution in [0.1, 0.15) is 52.7 Å². The van der Waals surface area contributed by atoms with Gasteiger partial charge in [0.25, 0.3) is 0 Å². The molecule has 4 nitrogen and oxygen atoms in total. The Balaban J connectivity index is 2.28. The van der Waals surface area contributed by atoms with Crippen LogP contribution in [0.2, 0.25) is 0 Å². The van der Waals surface area contributed by atoms with Crippen molar-refractivity contribution in [1.29, 1.82) is 0 Å². The van der Waals surface area contributed by atoms with E-state index >= 15 is 0 Å². The van der Waals surface area contributed by atoms with E-state index < -0.39 is 8.60 Å². The zero-order chi connectivity index (χ0) is 21.6. The molecule has 5 heteroatoms. The Kier molecular flexibility index (Phi) is 5.66. The SMILES string of the molecule is CC(C)(C)c1ccc2cc(-c3cccc(OP(O)O)c3O)c(C(C)(C)C)cc2c1. The van der Waals surface area contributed by atoms with Gasteiger partial charge in [-0.05, 0) is 56.5 Å². The second kappa shape index (κ2) is 7.60. The summed E-state index contributed by atoms with van der Waals surface area (Å²) in [7, 11) is -2.61. The summed E-state index contributed by atoms with van der Waals surface area (Å²) >= 11 is 0. The topological polar surface area (TPSA) is 69.9 Å². The number of rotatable bonds is 3. The van der Waals surface area contributed by atoms with Crippen molar-refractivity contribution < 1.29 is 19.4 Å². The number of phenolic OH excluding ortho intramolecular Hbond substituents is 1. The normalized spacial score (nSPS) is 12.6. The first kappa shape index (κ1) is 21.6. The van der Waals surface area contributed by atoms with Crippen LogP contribution in [-0.4, -0.2) is 14.9 Å². The van der Waals surface area contributed by atoms with Gasteiger partial charge in [-0.2, -0.15) is 0 Å². The van der Waals surface area contributed by atoms with Gasteiger partial charge in [-0.25, -0.2) is 0 Å². The van der Waals surface area contributed by atoms with Crippen LogP contribution in [0.25, 0.3) is 21.9 Å². The van der Waals surface area contributed by atoms with E-state index in [1.165, 1.54) is 11.6 Å². The molecule has 0 aromatic heterocycles. The first-order chi connectivity index (χ1) is 13.4. The second-order valence-electron chi connectivity index (χ2n) is 9.46. The van der Waals surface area contributed by atoms with E-state index in [-0.39, 0.29) is 22.3 Å². The molecule has 0 unspecified atom stereocenters. The number of hydrogen-bond acceptors (Lipinski definition) is 4. The smallest absolute Gasteiger partial charge is 0.391 e. The highest BCUT2D eigenvalue weighted by molar-refractivity contribution is 7.39. The van der Waals surface area contributed by atoms with Crippen molar-refractivity contribution in [3.05, 3.63) is 59.7 Å². The molecule has 0 saturated carbocycles. The third-order valence-electron chi connectivity index (χ3n) is 5.12. The van der Waals surface area contributed by atoms with Crippen LogP contribution in [0.5, 0.6) is 11.5 Å². The predicted molar refractivity (Wildman–Crippen MR) is 120 cm³/mol. The van der Waals surface area contributed by atoms with Crippen molar-refractivity contribution >= 4 is 19.4 Å². The van der Waals surface area contributed by atoms with Crippen LogP contribution in [0, 0.1) is 0 Å². The number of phenols is 1. The summed E-state index contributed by atoms with van der Waals surface area (Å²) in [6.45, 7) is 13.0. The second-order valence-corrected chi connectivity index (χ2v) is 10.1. The van der Waals surface area contributed by atoms with Gasteiger partial charge in [0.15, 0.2) is 11.5 Å². The molecule has 0 aliphatic carbocycles. The van der Waals surface area contributed by atoms with Gasteiger partial charge in [0, 0.05) is 5.56 Å². The van der Waals surface area contributed by atoms with E-state index in [1.54, 1.807) is 6.07 Å². The minimum atomic E-state index is -2.61. The molecule has 0 bridgehead atoms. The molecule has 0 fully saturated rings. The average molecular weight is 412 g/mol. The predicted octanol–water partition coefficient (Wildman–Crippen LogP) is 6.40. The lowest BCUT2D eigenvalue weighted by Crippen LogP contribution is -2.13. The van der Waals surface area contributed by atoms with E-state index in [0.29, 0.717) is 5.56 Å². The van der Waals surface area contributed by atoms with E-state index in [1.807, 2.05) is 6.07 Å². The third kappa shape index (κ3) is 4.56. The minimum Gasteiger partial charge on any atom is -0.504 e. The molecule has 3 aromatic rings. The number of benzene rings is 3. The molecule has 3 rings (SSSR count). The van der Waals surface area contributed by atoms with Crippen LogP contribution >= 0.6 is 8.60 Å². The Hall–Kier alpha value is -2.13. The molecular formula is C24H29O4P. The number of aromatic hydroxyl groups is 1. The summed E-state index contributed by atoms with van der Waals surface area (Å²) in [5.74, 6) is -0.0408. The Morgan fingerprint density at radius 2 is 1.45 bits per heavy atom. The zero-order valence-electron chi connectivity index (χ0n) is 17.8. The number of hydrogen-bond donors (Lipinski definition) is 3. The van der Waals surface area contributed by atoms with E-state index in [2.05, 4.69) is 71.9 Å². The lowest BCUT2D eigenvalue weighted by Gasteiger charge is -2.26. The van der Waals surface area contributed by atoms with Crippen LogP contribution in [0.4, 0.5) is 0 Å². The Morgan fingerprint density at radius 1 is 0.759 bits per heavy atom. The van der Waals surface area contributed by atoms with Gasteiger partial charge in [-0.1, -0.05) is 71.9 Å². The molecule has 154 valence electrons. The highest BCUT2D eigenvalue weighted by Crippen LogP contribution is 2.45. The molecular weight excluding hydrogens is 383 g/mol. The lowest BCUT2D eigenvalue weighted by atomic mass is 9.79. The molecule has 0 aliphatic heterocycles. The Labute approximate surface area is 173 Å². The van der Waals surface area contributed by atoms with Gasteiger partial charge in [0.1, 0.15) is 0 Å². The standard InChI is InChI=1S/C24H29O4P/c1-23(2,3)17-11-10-15-13-19(20(24(4,5)6)14-16(15)12-17)18-8-7-9-21(22(18)25)28-29(26)27/h7-14,25-27H,1-6H3. The molecule has 0 heterocycles. The third-order valence-corrected chi connectivity index (χ3v) is 5.48. The fraction of sp³-hybridized carbons (Fsp3) is 0.333. The molecule has 0 radical (unpaired) electrons. The van der Waals surface area contributed by atoms with Gasteiger partial charge in [-0.15, -0.1) is 0 Å². The molecule has 0 atom stereocenters. The maximum absolute atomic E-state index is 10.8. The van der Waals surface area contributed by atoms with E-state index in [0.717, 1.165) is 21.9 Å². The number of para-hydroxylation sites is 1. The fourth-order valence-corrected chi connectivity index (χ4v) is 3.83. The van der Waals surface area contributed by atoms with Crippen LogP contribution < -0.4 is 4.52 Å². The fourth-order valence-electron chi connectivity index (χ4n) is 3.51.